The SMILES string of the molecule is CO[C@@H]1[C@@H](CO)[C@H](Sc2ccccc2)O[C@@H]2CO[C@@H](c3ccccc3)O[C@@H]12. The summed E-state index contributed by atoms with van der Waals surface area (Å²) >= 11 is 1.60. The summed E-state index contributed by atoms with van der Waals surface area (Å²) in [6.45, 7) is 0.389. The van der Waals surface area contributed by atoms with Crippen molar-refractivity contribution in [3.63, 3.8) is 0 Å². The largest absolute Gasteiger partial charge is 0.396 e. The molecule has 0 aromatic heterocycles. The second-order valence-electron chi connectivity index (χ2n) is 6.70. The molecule has 0 saturated carbocycles. The number of rotatable bonds is 5. The van der Waals surface area contributed by atoms with Crippen LogP contribution in [0.4, 0.5) is 0 Å². The molecule has 2 heterocycles. The van der Waals surface area contributed by atoms with Crippen molar-refractivity contribution < 1.29 is 24.1 Å². The van der Waals surface area contributed by atoms with Gasteiger partial charge >= 0.3 is 0 Å². The van der Waals surface area contributed by atoms with Gasteiger partial charge in [0.05, 0.1) is 19.3 Å². The number of ether oxygens (including phenoxy) is 4. The highest BCUT2D eigenvalue weighted by Gasteiger charge is 2.50. The molecule has 2 aliphatic heterocycles. The molecule has 2 fully saturated rings. The van der Waals surface area contributed by atoms with Gasteiger partial charge in [-0.1, -0.05) is 60.3 Å². The van der Waals surface area contributed by atoms with E-state index in [0.717, 1.165) is 10.5 Å². The molecule has 4 rings (SSSR count). The van der Waals surface area contributed by atoms with Crippen LogP contribution in [0.2, 0.25) is 0 Å². The third-order valence-corrected chi connectivity index (χ3v) is 6.25. The smallest absolute Gasteiger partial charge is 0.184 e. The minimum Gasteiger partial charge on any atom is -0.396 e. The van der Waals surface area contributed by atoms with Gasteiger partial charge in [-0.25, -0.2) is 0 Å². The van der Waals surface area contributed by atoms with Gasteiger partial charge in [-0.3, -0.25) is 0 Å². The molecule has 2 saturated heterocycles. The van der Waals surface area contributed by atoms with E-state index in [1.807, 2.05) is 60.7 Å². The maximum Gasteiger partial charge on any atom is 0.184 e. The monoisotopic (exact) mass is 388 g/mol. The lowest BCUT2D eigenvalue weighted by Crippen LogP contribution is -2.60. The molecule has 6 heteroatoms. The molecule has 0 bridgehead atoms. The van der Waals surface area contributed by atoms with E-state index in [1.54, 1.807) is 18.9 Å². The fourth-order valence-corrected chi connectivity index (χ4v) is 4.85. The molecule has 2 aromatic carbocycles. The van der Waals surface area contributed by atoms with Gasteiger partial charge in [-0.15, -0.1) is 0 Å². The van der Waals surface area contributed by atoms with Gasteiger partial charge < -0.3 is 24.1 Å². The first-order valence-electron chi connectivity index (χ1n) is 9.13. The van der Waals surface area contributed by atoms with Crippen molar-refractivity contribution in [2.24, 2.45) is 5.92 Å². The second kappa shape index (κ2) is 8.73. The Morgan fingerprint density at radius 1 is 1.04 bits per heavy atom. The zero-order valence-corrected chi connectivity index (χ0v) is 16.0. The number of benzene rings is 2. The fraction of sp³-hybridized carbons (Fsp3) is 0.429. The molecule has 27 heavy (non-hydrogen) atoms. The Hall–Kier alpha value is -1.41. The maximum atomic E-state index is 10.1. The number of thioether (sulfide) groups is 1. The fourth-order valence-electron chi connectivity index (χ4n) is 3.66. The summed E-state index contributed by atoms with van der Waals surface area (Å²) in [5.74, 6) is -0.198. The summed E-state index contributed by atoms with van der Waals surface area (Å²) in [6.07, 6.45) is -1.26. The summed E-state index contributed by atoms with van der Waals surface area (Å²) in [5, 5.41) is 10.1. The third kappa shape index (κ3) is 4.06. The van der Waals surface area contributed by atoms with E-state index in [9.17, 15) is 5.11 Å². The first kappa shape index (κ1) is 18.9. The van der Waals surface area contributed by atoms with Crippen LogP contribution < -0.4 is 0 Å². The Kier molecular flexibility index (Phi) is 6.12. The summed E-state index contributed by atoms with van der Waals surface area (Å²) in [6, 6.07) is 19.9. The number of hydrogen-bond acceptors (Lipinski definition) is 6. The highest BCUT2D eigenvalue weighted by molar-refractivity contribution is 7.99. The highest BCUT2D eigenvalue weighted by atomic mass is 32.2. The molecule has 2 aliphatic rings. The average molecular weight is 388 g/mol. The van der Waals surface area contributed by atoms with E-state index in [0.29, 0.717) is 6.61 Å². The Bertz CT molecular complexity index is 713. The summed E-state index contributed by atoms with van der Waals surface area (Å²) in [4.78, 5) is 1.09. The first-order chi connectivity index (χ1) is 13.3. The van der Waals surface area contributed by atoms with Crippen molar-refractivity contribution in [1.29, 1.82) is 0 Å². The molecule has 6 atom stereocenters. The van der Waals surface area contributed by atoms with Gasteiger partial charge in [-0.05, 0) is 12.1 Å². The van der Waals surface area contributed by atoms with Crippen molar-refractivity contribution in [2.75, 3.05) is 20.3 Å². The second-order valence-corrected chi connectivity index (χ2v) is 7.87. The van der Waals surface area contributed by atoms with E-state index in [-0.39, 0.29) is 36.3 Å². The number of aliphatic hydroxyl groups is 1. The third-order valence-electron chi connectivity index (χ3n) is 5.01. The predicted molar refractivity (Wildman–Crippen MR) is 102 cm³/mol. The molecule has 1 N–H and O–H groups in total. The lowest BCUT2D eigenvalue weighted by Gasteiger charge is -2.48. The quantitative estimate of drug-likeness (QED) is 0.849. The predicted octanol–water partition coefficient (Wildman–Crippen LogP) is 3.24. The van der Waals surface area contributed by atoms with E-state index >= 15 is 0 Å². The number of aliphatic hydroxyl groups excluding tert-OH is 1. The summed E-state index contributed by atoms with van der Waals surface area (Å²) < 4.78 is 24.2. The van der Waals surface area contributed by atoms with E-state index in [1.165, 1.54) is 0 Å². The molecule has 2 aromatic rings. The highest BCUT2D eigenvalue weighted by Crippen LogP contribution is 2.42. The average Bonchev–Trinajstić information content (AvgIpc) is 2.73. The summed E-state index contributed by atoms with van der Waals surface area (Å²) in [5.41, 5.74) is 0.733. The van der Waals surface area contributed by atoms with Crippen LogP contribution in [-0.4, -0.2) is 49.2 Å². The molecule has 0 spiro atoms. The minimum atomic E-state index is -0.452. The molecule has 0 unspecified atom stereocenters. The molecule has 0 aliphatic carbocycles. The molecular weight excluding hydrogens is 364 g/mol. The van der Waals surface area contributed by atoms with Gasteiger partial charge in [-0.2, -0.15) is 0 Å². The van der Waals surface area contributed by atoms with Gasteiger partial charge in [0.15, 0.2) is 6.29 Å². The van der Waals surface area contributed by atoms with Gasteiger partial charge in [0.25, 0.3) is 0 Å². The normalized spacial score (nSPS) is 33.4. The first-order valence-corrected chi connectivity index (χ1v) is 10.0. The topological polar surface area (TPSA) is 57.2 Å². The van der Waals surface area contributed by atoms with Crippen LogP contribution in [-0.2, 0) is 18.9 Å². The van der Waals surface area contributed by atoms with Crippen LogP contribution in [0.15, 0.2) is 65.6 Å². The Morgan fingerprint density at radius 2 is 1.74 bits per heavy atom. The van der Waals surface area contributed by atoms with Gasteiger partial charge in [0.1, 0.15) is 17.6 Å². The molecule has 0 amide bonds. The maximum absolute atomic E-state index is 10.1. The van der Waals surface area contributed by atoms with Crippen LogP contribution in [0.25, 0.3) is 0 Å². The van der Waals surface area contributed by atoms with Crippen molar-refractivity contribution in [1.82, 2.24) is 0 Å². The molecule has 5 nitrogen and oxygen atoms in total. The van der Waals surface area contributed by atoms with E-state index < -0.39 is 6.29 Å². The van der Waals surface area contributed by atoms with E-state index in [2.05, 4.69) is 0 Å². The molecular formula is C21H24O5S. The van der Waals surface area contributed by atoms with Crippen LogP contribution in [0.3, 0.4) is 0 Å². The molecule has 144 valence electrons. The van der Waals surface area contributed by atoms with Crippen LogP contribution in [0.5, 0.6) is 0 Å². The number of hydrogen-bond donors (Lipinski definition) is 1. The Morgan fingerprint density at radius 3 is 2.41 bits per heavy atom. The van der Waals surface area contributed by atoms with Crippen molar-refractivity contribution in [3.8, 4) is 0 Å². The standard InChI is InChI=1S/C21H24O5S/c1-23-18-16(12-22)21(27-15-10-6-3-7-11-15)25-17-13-24-20(26-19(17)18)14-8-4-2-5-9-14/h2-11,16-22H,12-13H2,1H3/t16-,17-,18-,19-,20-,21+/m1/s1. The molecule has 0 radical (unpaired) electrons. The number of methoxy groups -OCH3 is 1. The van der Waals surface area contributed by atoms with Gasteiger partial charge in [0.2, 0.25) is 0 Å². The minimum absolute atomic E-state index is 0.0353. The van der Waals surface area contributed by atoms with Crippen LogP contribution >= 0.6 is 11.8 Å². The summed E-state index contributed by atoms with van der Waals surface area (Å²) in [7, 11) is 1.66. The Balaban J connectivity index is 1.52. The zero-order chi connectivity index (χ0) is 18.6. The number of fused-ring (bicyclic) bond motifs is 1. The van der Waals surface area contributed by atoms with Gasteiger partial charge in [0, 0.05) is 23.5 Å². The van der Waals surface area contributed by atoms with Crippen LogP contribution in [0, 0.1) is 5.92 Å². The van der Waals surface area contributed by atoms with Crippen molar-refractivity contribution >= 4 is 11.8 Å². The van der Waals surface area contributed by atoms with Crippen molar-refractivity contribution in [2.45, 2.75) is 34.9 Å². The Labute approximate surface area is 163 Å². The van der Waals surface area contributed by atoms with E-state index in [4.69, 9.17) is 18.9 Å². The lowest BCUT2D eigenvalue weighted by atomic mass is 9.91. The zero-order valence-electron chi connectivity index (χ0n) is 15.1. The van der Waals surface area contributed by atoms with Crippen molar-refractivity contribution in [3.05, 3.63) is 66.2 Å². The van der Waals surface area contributed by atoms with Crippen LogP contribution in [0.1, 0.15) is 11.9 Å². The lowest BCUT2D eigenvalue weighted by molar-refractivity contribution is -0.317.